The largest absolute Gasteiger partial charge is 0.497 e. The zero-order valence-corrected chi connectivity index (χ0v) is 23.0. The molecule has 0 bridgehead atoms. The molecular weight excluding hydrogens is 547 g/mol. The summed E-state index contributed by atoms with van der Waals surface area (Å²) < 4.78 is 54.8. The second-order valence-electron chi connectivity index (χ2n) is 10.6. The predicted molar refractivity (Wildman–Crippen MR) is 152 cm³/mol. The fraction of sp³-hybridized carbons (Fsp3) is 0.250. The molecule has 3 aromatic carbocycles. The van der Waals surface area contributed by atoms with E-state index in [-0.39, 0.29) is 41.5 Å². The van der Waals surface area contributed by atoms with Gasteiger partial charge in [0.15, 0.2) is 5.75 Å². The van der Waals surface area contributed by atoms with Crippen LogP contribution >= 0.6 is 0 Å². The third kappa shape index (κ3) is 5.08. The fourth-order valence-corrected chi connectivity index (χ4v) is 5.42. The maximum absolute atomic E-state index is 14.2. The number of carbonyl (C=O) groups is 1. The van der Waals surface area contributed by atoms with Crippen LogP contribution in [0.1, 0.15) is 33.5 Å². The molecule has 1 saturated heterocycles. The topological polar surface area (TPSA) is 76.8 Å². The van der Waals surface area contributed by atoms with Gasteiger partial charge in [-0.05, 0) is 53.4 Å². The smallest absolute Gasteiger partial charge is 0.267 e. The molecule has 0 saturated carbocycles. The van der Waals surface area contributed by atoms with Gasteiger partial charge < -0.3 is 24.0 Å². The highest BCUT2D eigenvalue weighted by Crippen LogP contribution is 2.44. The van der Waals surface area contributed by atoms with Gasteiger partial charge in [0.2, 0.25) is 5.88 Å². The Balaban J connectivity index is 1.52. The van der Waals surface area contributed by atoms with Crippen molar-refractivity contribution in [3.8, 4) is 17.4 Å². The highest BCUT2D eigenvalue weighted by Gasteiger charge is 2.41. The van der Waals surface area contributed by atoms with E-state index in [1.807, 2.05) is 12.1 Å². The number of likely N-dealkylation sites (tertiary alicyclic amines) is 1. The molecular formula is C32H28F3N3O4. The molecule has 1 aliphatic heterocycles. The third-order valence-electron chi connectivity index (χ3n) is 7.61. The minimum absolute atomic E-state index is 0.0912. The number of methoxy groups -OCH3 is 1. The molecule has 0 spiro atoms. The number of aromatic hydroxyl groups is 1. The van der Waals surface area contributed by atoms with Crippen molar-refractivity contribution in [2.45, 2.75) is 25.4 Å². The molecule has 0 radical (unpaired) electrons. The summed E-state index contributed by atoms with van der Waals surface area (Å²) in [6.45, 7) is -0.648. The van der Waals surface area contributed by atoms with Crippen molar-refractivity contribution in [2.75, 3.05) is 20.2 Å². The minimum Gasteiger partial charge on any atom is -0.497 e. The lowest BCUT2D eigenvalue weighted by Crippen LogP contribution is -2.31. The van der Waals surface area contributed by atoms with Crippen LogP contribution in [0.5, 0.6) is 17.4 Å². The molecule has 2 aromatic heterocycles. The highest BCUT2D eigenvalue weighted by molar-refractivity contribution is 6.21. The van der Waals surface area contributed by atoms with E-state index in [4.69, 9.17) is 9.47 Å². The van der Waals surface area contributed by atoms with Crippen molar-refractivity contribution in [2.24, 2.45) is 7.05 Å². The van der Waals surface area contributed by atoms with Crippen LogP contribution in [0.25, 0.3) is 21.7 Å². The minimum atomic E-state index is -2.98. The van der Waals surface area contributed by atoms with Gasteiger partial charge in [0.05, 0.1) is 24.6 Å². The summed E-state index contributed by atoms with van der Waals surface area (Å²) in [5.41, 5.74) is 2.88. The first-order valence-electron chi connectivity index (χ1n) is 13.4. The normalized spacial score (nSPS) is 14.5. The number of alkyl halides is 2. The molecule has 5 aromatic rings. The third-order valence-corrected chi connectivity index (χ3v) is 7.61. The number of fused-ring (bicyclic) bond motifs is 2. The van der Waals surface area contributed by atoms with Crippen LogP contribution < -0.4 is 9.47 Å². The molecule has 10 heteroatoms. The van der Waals surface area contributed by atoms with E-state index < -0.39 is 24.8 Å². The van der Waals surface area contributed by atoms with E-state index in [1.165, 1.54) is 16.7 Å². The summed E-state index contributed by atoms with van der Waals surface area (Å²) in [5, 5.41) is 12.1. The maximum Gasteiger partial charge on any atom is 0.267 e. The molecule has 7 nitrogen and oxygen atoms in total. The fourth-order valence-electron chi connectivity index (χ4n) is 5.42. The number of pyridine rings is 1. The van der Waals surface area contributed by atoms with Crippen molar-refractivity contribution < 1.29 is 32.5 Å². The molecule has 6 rings (SSSR count). The van der Waals surface area contributed by atoms with Gasteiger partial charge >= 0.3 is 0 Å². The number of benzene rings is 3. The molecule has 1 amide bonds. The molecule has 0 unspecified atom stereocenters. The number of aromatic nitrogens is 2. The molecule has 1 fully saturated rings. The van der Waals surface area contributed by atoms with Crippen molar-refractivity contribution in [1.29, 1.82) is 0 Å². The molecule has 3 heterocycles. The number of nitrogens with zero attached hydrogens (tertiary/aromatic N) is 3. The van der Waals surface area contributed by atoms with Crippen molar-refractivity contribution in [1.82, 2.24) is 14.5 Å². The summed E-state index contributed by atoms with van der Waals surface area (Å²) in [6.07, 6.45) is 3.21. The number of ether oxygens (including phenoxy) is 2. The number of hydrogen-bond acceptors (Lipinski definition) is 5. The van der Waals surface area contributed by atoms with E-state index in [0.717, 1.165) is 21.6 Å². The highest BCUT2D eigenvalue weighted by atomic mass is 19.3. The SMILES string of the molecule is COc1ccc(COc2c3ncc(Cc4ccc(F)cc4)cc3c(C(=O)N3CCC(F)(F)C3)c3cn(C)c(O)c23)cc1. The number of hydrogen-bond donors (Lipinski definition) is 1. The number of halogens is 3. The summed E-state index contributed by atoms with van der Waals surface area (Å²) in [4.78, 5) is 19.7. The van der Waals surface area contributed by atoms with Gasteiger partial charge in [0.25, 0.3) is 11.8 Å². The van der Waals surface area contributed by atoms with E-state index in [9.17, 15) is 23.1 Å². The Kier molecular flexibility index (Phi) is 6.92. The molecule has 0 aliphatic carbocycles. The summed E-state index contributed by atoms with van der Waals surface area (Å²) in [7, 11) is 3.20. The molecule has 0 atom stereocenters. The Morgan fingerprint density at radius 2 is 1.76 bits per heavy atom. The van der Waals surface area contributed by atoms with Gasteiger partial charge in [0, 0.05) is 43.2 Å². The van der Waals surface area contributed by atoms with Crippen LogP contribution in [0.2, 0.25) is 0 Å². The Bertz CT molecular complexity index is 1800. The Labute approximate surface area is 239 Å². The summed E-state index contributed by atoms with van der Waals surface area (Å²) in [6, 6.07) is 15.2. The van der Waals surface area contributed by atoms with Crippen molar-refractivity contribution >= 4 is 27.6 Å². The lowest BCUT2D eigenvalue weighted by atomic mass is 9.97. The van der Waals surface area contributed by atoms with Gasteiger partial charge in [-0.15, -0.1) is 0 Å². The molecule has 1 aliphatic rings. The van der Waals surface area contributed by atoms with Crippen LogP contribution in [0.15, 0.2) is 67.0 Å². The maximum atomic E-state index is 14.2. The Morgan fingerprint density at radius 3 is 2.43 bits per heavy atom. The second-order valence-corrected chi connectivity index (χ2v) is 10.6. The summed E-state index contributed by atoms with van der Waals surface area (Å²) >= 11 is 0. The zero-order valence-electron chi connectivity index (χ0n) is 23.0. The average Bonchev–Trinajstić information content (AvgIpc) is 3.49. The standard InChI is InChI=1S/C32H28F3N3O4/c1-37-16-25-26(31(40)38-12-11-32(34,35)18-38)24-14-21(13-19-3-7-22(33)8-4-19)15-36-28(24)29(27(25)30(37)39)42-17-20-5-9-23(41-2)10-6-20/h3-10,14-16,39H,11-13,17-18H2,1-2H3. The van der Waals surface area contributed by atoms with Gasteiger partial charge in [-0.25, -0.2) is 13.2 Å². The average molecular weight is 576 g/mol. The summed E-state index contributed by atoms with van der Waals surface area (Å²) in [5.74, 6) is -3.08. The lowest BCUT2D eigenvalue weighted by Gasteiger charge is -2.20. The van der Waals surface area contributed by atoms with E-state index in [2.05, 4.69) is 4.98 Å². The van der Waals surface area contributed by atoms with E-state index in [1.54, 1.807) is 56.9 Å². The van der Waals surface area contributed by atoms with E-state index >= 15 is 0 Å². The van der Waals surface area contributed by atoms with Crippen LogP contribution in [0, 0.1) is 5.82 Å². The van der Waals surface area contributed by atoms with Crippen LogP contribution in [0.3, 0.4) is 0 Å². The van der Waals surface area contributed by atoms with Gasteiger partial charge in [0.1, 0.15) is 23.7 Å². The number of amides is 1. The second kappa shape index (κ2) is 10.6. The van der Waals surface area contributed by atoms with E-state index in [0.29, 0.717) is 28.5 Å². The number of aryl methyl sites for hydroxylation is 1. The van der Waals surface area contributed by atoms with Crippen molar-refractivity contribution in [3.05, 3.63) is 95.1 Å². The van der Waals surface area contributed by atoms with Crippen LogP contribution in [0.4, 0.5) is 13.2 Å². The van der Waals surface area contributed by atoms with Crippen LogP contribution in [-0.2, 0) is 20.1 Å². The monoisotopic (exact) mass is 575 g/mol. The predicted octanol–water partition coefficient (Wildman–Crippen LogP) is 6.23. The lowest BCUT2D eigenvalue weighted by molar-refractivity contribution is 0.0120. The Morgan fingerprint density at radius 1 is 1.05 bits per heavy atom. The number of rotatable bonds is 7. The first-order valence-corrected chi connectivity index (χ1v) is 13.4. The van der Waals surface area contributed by atoms with Gasteiger partial charge in [-0.1, -0.05) is 24.3 Å². The molecule has 42 heavy (non-hydrogen) atoms. The first kappa shape index (κ1) is 27.4. The van der Waals surface area contributed by atoms with Gasteiger partial charge in [-0.2, -0.15) is 0 Å². The molecule has 1 N–H and O–H groups in total. The molecule has 216 valence electrons. The van der Waals surface area contributed by atoms with Crippen molar-refractivity contribution in [3.63, 3.8) is 0 Å². The first-order chi connectivity index (χ1) is 20.1. The van der Waals surface area contributed by atoms with Crippen LogP contribution in [-0.4, -0.2) is 51.6 Å². The Hall–Kier alpha value is -4.73. The quantitative estimate of drug-likeness (QED) is 0.249. The number of carbonyl (C=O) groups excluding carboxylic acids is 1. The zero-order chi connectivity index (χ0) is 29.6. The van der Waals surface area contributed by atoms with Gasteiger partial charge in [-0.3, -0.25) is 9.78 Å².